The van der Waals surface area contributed by atoms with Crippen molar-refractivity contribution >= 4 is 45.7 Å². The van der Waals surface area contributed by atoms with Crippen LogP contribution in [-0.2, 0) is 4.79 Å². The van der Waals surface area contributed by atoms with Gasteiger partial charge in [0.1, 0.15) is 11.3 Å². The lowest BCUT2D eigenvalue weighted by Crippen LogP contribution is -2.20. The largest absolute Gasteiger partial charge is 0.495 e. The second kappa shape index (κ2) is 8.12. The Balaban J connectivity index is 1.39. The highest BCUT2D eigenvalue weighted by atomic mass is 32.2. The van der Waals surface area contributed by atoms with E-state index in [1.165, 1.54) is 30.6 Å². The molecule has 1 saturated carbocycles. The predicted molar refractivity (Wildman–Crippen MR) is 126 cm³/mol. The van der Waals surface area contributed by atoms with Crippen LogP contribution in [0.4, 0.5) is 0 Å². The fraction of sp³-hybridized carbons (Fsp3) is 0.167. The molecule has 3 N–H and O–H groups in total. The first-order valence-electron chi connectivity index (χ1n) is 10.1. The first kappa shape index (κ1) is 20.3. The highest BCUT2D eigenvalue weighted by Crippen LogP contribution is 2.44. The number of nitrogens with two attached hydrogens (primary N) is 1. The van der Waals surface area contributed by atoms with Crippen molar-refractivity contribution in [3.8, 4) is 5.75 Å². The molecule has 8 heteroatoms. The van der Waals surface area contributed by atoms with Gasteiger partial charge in [0.2, 0.25) is 0 Å². The molecule has 0 radical (unpaired) electrons. The minimum absolute atomic E-state index is 0.179. The zero-order valence-electron chi connectivity index (χ0n) is 17.2. The minimum Gasteiger partial charge on any atom is -0.495 e. The van der Waals surface area contributed by atoms with Gasteiger partial charge in [-0.2, -0.15) is 0 Å². The molecule has 1 aliphatic heterocycles. The van der Waals surface area contributed by atoms with Gasteiger partial charge in [-0.05, 0) is 47.5 Å². The van der Waals surface area contributed by atoms with E-state index in [1.54, 1.807) is 6.08 Å². The van der Waals surface area contributed by atoms with Crippen molar-refractivity contribution in [2.75, 3.05) is 7.11 Å². The second-order valence-corrected chi connectivity index (χ2v) is 8.70. The summed E-state index contributed by atoms with van der Waals surface area (Å²) in [5, 5.41) is 4.14. The summed E-state index contributed by atoms with van der Waals surface area (Å²) < 4.78 is 5.42. The van der Waals surface area contributed by atoms with Crippen LogP contribution in [0.5, 0.6) is 5.75 Å². The van der Waals surface area contributed by atoms with Crippen molar-refractivity contribution < 1.29 is 14.3 Å². The van der Waals surface area contributed by atoms with Crippen LogP contribution in [0.1, 0.15) is 33.8 Å². The Morgan fingerprint density at radius 2 is 2.09 bits per heavy atom. The normalized spacial score (nSPS) is 22.3. The van der Waals surface area contributed by atoms with Gasteiger partial charge >= 0.3 is 0 Å². The van der Waals surface area contributed by atoms with Gasteiger partial charge in [-0.3, -0.25) is 19.6 Å². The number of pyridine rings is 1. The van der Waals surface area contributed by atoms with Crippen molar-refractivity contribution in [1.82, 2.24) is 10.3 Å². The molecular formula is C24H20N4O3S. The molecule has 1 aromatic heterocycles. The lowest BCUT2D eigenvalue weighted by molar-refractivity contribution is -0.115. The number of benzene rings is 2. The van der Waals surface area contributed by atoms with Gasteiger partial charge in [-0.1, -0.05) is 36.4 Å². The number of rotatable bonds is 5. The van der Waals surface area contributed by atoms with E-state index in [9.17, 15) is 9.59 Å². The summed E-state index contributed by atoms with van der Waals surface area (Å²) in [6.45, 7) is 0. The number of ether oxygens (including phenoxy) is 1. The fourth-order valence-corrected chi connectivity index (χ4v) is 4.72. The summed E-state index contributed by atoms with van der Waals surface area (Å²) in [7, 11) is 1.48. The standard InChI is InChI=1S/C24H20N4O3S/c1-31-21-16-9-13(7-8-18(16)26-12-17(21)22(25)29)10-20-23(30)28-24(32-20)27-19-11-15(19)14-5-3-2-4-6-14/h2-10,12,15,19H,11H2,1H3,(H2,25,29)(H,27,28,30)/t15-,19+/m0/s1. The minimum atomic E-state index is -0.611. The highest BCUT2D eigenvalue weighted by molar-refractivity contribution is 8.18. The van der Waals surface area contributed by atoms with Gasteiger partial charge in [0.15, 0.2) is 5.17 Å². The van der Waals surface area contributed by atoms with Gasteiger partial charge in [-0.25, -0.2) is 0 Å². The van der Waals surface area contributed by atoms with E-state index in [4.69, 9.17) is 15.5 Å². The molecule has 1 saturated heterocycles. The number of amides is 2. The summed E-state index contributed by atoms with van der Waals surface area (Å²) in [6.07, 6.45) is 4.19. The number of nitrogens with zero attached hydrogens (tertiary/aromatic N) is 2. The van der Waals surface area contributed by atoms with Crippen LogP contribution in [0.25, 0.3) is 17.0 Å². The number of thioether (sulfide) groups is 1. The van der Waals surface area contributed by atoms with Crippen LogP contribution in [-0.4, -0.2) is 35.1 Å². The molecule has 32 heavy (non-hydrogen) atoms. The molecule has 3 aromatic rings. The monoisotopic (exact) mass is 444 g/mol. The van der Waals surface area contributed by atoms with Crippen LogP contribution in [0.3, 0.4) is 0 Å². The van der Waals surface area contributed by atoms with Gasteiger partial charge in [0, 0.05) is 17.5 Å². The number of amidine groups is 1. The molecule has 2 fully saturated rings. The molecule has 2 aliphatic rings. The summed E-state index contributed by atoms with van der Waals surface area (Å²) in [4.78, 5) is 33.7. The third-order valence-corrected chi connectivity index (χ3v) is 6.45. The molecule has 2 aromatic carbocycles. The number of primary amides is 1. The molecule has 2 amide bonds. The number of fused-ring (bicyclic) bond motifs is 1. The Kier molecular flexibility index (Phi) is 5.14. The molecule has 5 rings (SSSR count). The Hall–Kier alpha value is -3.65. The second-order valence-electron chi connectivity index (χ2n) is 7.67. The van der Waals surface area contributed by atoms with Crippen LogP contribution in [0, 0.1) is 0 Å². The van der Waals surface area contributed by atoms with E-state index in [-0.39, 0.29) is 17.5 Å². The van der Waals surface area contributed by atoms with Gasteiger partial charge in [0.05, 0.1) is 23.6 Å². The van der Waals surface area contributed by atoms with Crippen LogP contribution < -0.4 is 15.8 Å². The lowest BCUT2D eigenvalue weighted by atomic mass is 10.1. The third kappa shape index (κ3) is 3.85. The maximum atomic E-state index is 12.5. The molecule has 0 unspecified atom stereocenters. The number of nitrogens with one attached hydrogen (secondary N) is 1. The number of aromatic nitrogens is 1. The molecule has 2 atom stereocenters. The zero-order chi connectivity index (χ0) is 22.2. The zero-order valence-corrected chi connectivity index (χ0v) is 18.1. The maximum absolute atomic E-state index is 12.5. The van der Waals surface area contributed by atoms with Gasteiger partial charge in [-0.15, -0.1) is 0 Å². The van der Waals surface area contributed by atoms with Crippen molar-refractivity contribution in [2.24, 2.45) is 10.7 Å². The number of hydrogen-bond acceptors (Lipinski definition) is 6. The number of aliphatic imine (C=N–C) groups is 1. The van der Waals surface area contributed by atoms with Gasteiger partial charge < -0.3 is 15.8 Å². The van der Waals surface area contributed by atoms with E-state index < -0.39 is 5.91 Å². The first-order valence-corrected chi connectivity index (χ1v) is 11.0. The smallest absolute Gasteiger partial charge is 0.264 e. The van der Waals surface area contributed by atoms with E-state index >= 15 is 0 Å². The summed E-state index contributed by atoms with van der Waals surface area (Å²) in [6, 6.07) is 16.0. The van der Waals surface area contributed by atoms with E-state index in [0.29, 0.717) is 32.6 Å². The lowest BCUT2D eigenvalue weighted by Gasteiger charge is -2.09. The molecule has 0 bridgehead atoms. The Bertz CT molecular complexity index is 1300. The average Bonchev–Trinajstić information content (AvgIpc) is 3.48. The molecule has 2 heterocycles. The number of hydrogen-bond donors (Lipinski definition) is 2. The van der Waals surface area contributed by atoms with Crippen LogP contribution in [0.15, 0.2) is 64.6 Å². The van der Waals surface area contributed by atoms with Crippen molar-refractivity contribution in [1.29, 1.82) is 0 Å². The predicted octanol–water partition coefficient (Wildman–Crippen LogP) is 3.46. The number of carbonyl (C=O) groups is 2. The molecule has 1 aliphatic carbocycles. The van der Waals surface area contributed by atoms with Crippen molar-refractivity contribution in [3.05, 3.63) is 76.3 Å². The third-order valence-electron chi connectivity index (χ3n) is 5.53. The topological polar surface area (TPSA) is 107 Å². The van der Waals surface area contributed by atoms with Crippen molar-refractivity contribution in [3.63, 3.8) is 0 Å². The fourth-order valence-electron chi connectivity index (χ4n) is 3.84. The summed E-state index contributed by atoms with van der Waals surface area (Å²) >= 11 is 1.33. The molecule has 7 nitrogen and oxygen atoms in total. The maximum Gasteiger partial charge on any atom is 0.264 e. The Morgan fingerprint density at radius 1 is 1.28 bits per heavy atom. The van der Waals surface area contributed by atoms with Gasteiger partial charge in [0.25, 0.3) is 11.8 Å². The van der Waals surface area contributed by atoms with E-state index in [2.05, 4.69) is 22.4 Å². The SMILES string of the molecule is COc1c(C(N)=O)cnc2ccc(C=C3SC(=N[C@@H]4C[C@H]4c4ccccc4)NC3=O)cc12. The Labute approximate surface area is 188 Å². The van der Waals surface area contributed by atoms with Crippen LogP contribution in [0.2, 0.25) is 0 Å². The van der Waals surface area contributed by atoms with Crippen molar-refractivity contribution in [2.45, 2.75) is 18.4 Å². The summed E-state index contributed by atoms with van der Waals surface area (Å²) in [5.74, 6) is -0.00874. The summed E-state index contributed by atoms with van der Waals surface area (Å²) in [5.41, 5.74) is 8.38. The molecular weight excluding hydrogens is 424 g/mol. The highest BCUT2D eigenvalue weighted by Gasteiger charge is 2.39. The quantitative estimate of drug-likeness (QED) is 0.586. The van der Waals surface area contributed by atoms with E-state index in [1.807, 2.05) is 36.4 Å². The first-order chi connectivity index (χ1) is 15.5. The van der Waals surface area contributed by atoms with Crippen LogP contribution >= 0.6 is 11.8 Å². The molecule has 160 valence electrons. The number of methoxy groups -OCH3 is 1. The number of carbonyl (C=O) groups excluding carboxylic acids is 2. The Morgan fingerprint density at radius 3 is 2.84 bits per heavy atom. The average molecular weight is 445 g/mol. The van der Waals surface area contributed by atoms with E-state index in [0.717, 1.165) is 12.0 Å². The molecule has 0 spiro atoms.